The lowest BCUT2D eigenvalue weighted by atomic mass is 9.41. The first-order valence-corrected chi connectivity index (χ1v) is 15.4. The molecular weight excluding hydrogens is 546 g/mol. The van der Waals surface area contributed by atoms with E-state index in [2.05, 4.69) is 17.5 Å². The Labute approximate surface area is 245 Å². The maximum absolute atomic E-state index is 12.5. The molecule has 234 valence electrons. The molecule has 2 aliphatic heterocycles. The van der Waals surface area contributed by atoms with E-state index >= 15 is 0 Å². The molecule has 5 fully saturated rings. The molecule has 0 spiro atoms. The van der Waals surface area contributed by atoms with Crippen LogP contribution in [0.2, 0.25) is 0 Å². The number of hydrogen-bond acceptors (Lipinski definition) is 10. The number of primary amides is 1. The lowest BCUT2D eigenvalue weighted by Gasteiger charge is -2.66. The van der Waals surface area contributed by atoms with Crippen LogP contribution >= 0.6 is 0 Å². The SMILES string of the molecule is C[C@@H]1O[C@H](O[C@@H]2CC[C@]3(/C=N\NC(N)=O)[C@@H]4CC[C@]5(C)[C@H](C6=CC(=O)OC6)CC[C@]5(O)[C@@H]4CC[C@]3(O)C2)C[C@H](O)[C@@H]1O. The predicted molar refractivity (Wildman–Crippen MR) is 149 cm³/mol. The number of nitrogens with two attached hydrogens (primary N) is 1. The van der Waals surface area contributed by atoms with Crippen LogP contribution in [0, 0.1) is 28.6 Å². The summed E-state index contributed by atoms with van der Waals surface area (Å²) in [5.41, 5.74) is 5.09. The molecule has 0 bridgehead atoms. The first-order valence-electron chi connectivity index (χ1n) is 15.4. The minimum absolute atomic E-state index is 0.0488. The van der Waals surface area contributed by atoms with Crippen LogP contribution in [0.5, 0.6) is 0 Å². The summed E-state index contributed by atoms with van der Waals surface area (Å²) in [6, 6.07) is -0.796. The molecule has 1 saturated heterocycles. The van der Waals surface area contributed by atoms with Crippen molar-refractivity contribution in [1.82, 2.24) is 5.43 Å². The highest BCUT2D eigenvalue weighted by Crippen LogP contribution is 2.70. The minimum Gasteiger partial charge on any atom is -0.458 e. The molecule has 4 aliphatic carbocycles. The summed E-state index contributed by atoms with van der Waals surface area (Å²) in [5, 5.41) is 49.5. The van der Waals surface area contributed by atoms with Crippen LogP contribution in [0.15, 0.2) is 16.8 Å². The van der Waals surface area contributed by atoms with Crippen LogP contribution < -0.4 is 11.2 Å². The van der Waals surface area contributed by atoms with Gasteiger partial charge in [0.2, 0.25) is 0 Å². The van der Waals surface area contributed by atoms with Gasteiger partial charge in [0.1, 0.15) is 12.7 Å². The van der Waals surface area contributed by atoms with Crippen molar-refractivity contribution >= 4 is 18.2 Å². The zero-order valence-electron chi connectivity index (χ0n) is 24.4. The maximum atomic E-state index is 12.5. The standard InChI is InChI=1S/C30H45N3O9/c1-16-25(36)22(34)12-24(41-16)42-18-3-8-28(15-32-33-26(31)37)20-4-7-27(2)19(17-11-23(35)40-14-17)6-10-30(27,39)21(20)5-9-29(28,38)13-18/h11,15-16,18-22,24-25,34,36,38-39H,3-10,12-14H2,1-2H3,(H3,31,33,37)/b32-15-/t16-,18+,19-,20+,21+,22-,24+,25+,27+,28-,29-,30-/m0/s1. The van der Waals surface area contributed by atoms with Gasteiger partial charge in [-0.1, -0.05) is 6.92 Å². The molecule has 0 radical (unpaired) electrons. The van der Waals surface area contributed by atoms with Crippen LogP contribution in [0.1, 0.15) is 78.1 Å². The predicted octanol–water partition coefficient (Wildman–Crippen LogP) is 1.23. The summed E-state index contributed by atoms with van der Waals surface area (Å²) in [4.78, 5) is 23.4. The van der Waals surface area contributed by atoms with Gasteiger partial charge in [-0.15, -0.1) is 0 Å². The Kier molecular flexibility index (Phi) is 7.50. The first kappa shape index (κ1) is 30.0. The smallest absolute Gasteiger partial charge is 0.332 e. The highest BCUT2D eigenvalue weighted by Gasteiger charge is 2.71. The van der Waals surface area contributed by atoms with Crippen molar-refractivity contribution < 1.29 is 44.2 Å². The molecule has 6 aliphatic rings. The van der Waals surface area contributed by atoms with Gasteiger partial charge >= 0.3 is 12.0 Å². The molecule has 0 aromatic rings. The number of carbonyl (C=O) groups is 2. The van der Waals surface area contributed by atoms with Gasteiger partial charge in [-0.2, -0.15) is 5.10 Å². The number of ether oxygens (including phenoxy) is 3. The molecule has 12 nitrogen and oxygen atoms in total. The van der Waals surface area contributed by atoms with E-state index in [1.165, 1.54) is 0 Å². The number of aliphatic hydroxyl groups excluding tert-OH is 2. The summed E-state index contributed by atoms with van der Waals surface area (Å²) in [5.74, 6) is -0.495. The van der Waals surface area contributed by atoms with Crippen molar-refractivity contribution in [2.24, 2.45) is 39.4 Å². The van der Waals surface area contributed by atoms with Gasteiger partial charge in [0.15, 0.2) is 6.29 Å². The number of cyclic esters (lactones) is 1. The van der Waals surface area contributed by atoms with Crippen molar-refractivity contribution in [1.29, 1.82) is 0 Å². The number of nitrogens with one attached hydrogen (secondary N) is 1. The van der Waals surface area contributed by atoms with Gasteiger partial charge in [0.25, 0.3) is 0 Å². The molecule has 6 rings (SSSR count). The molecular formula is C30H45N3O9. The Morgan fingerprint density at radius 1 is 1.14 bits per heavy atom. The second kappa shape index (κ2) is 10.5. The second-order valence-corrected chi connectivity index (χ2v) is 13.9. The van der Waals surface area contributed by atoms with Crippen LogP contribution in [0.4, 0.5) is 4.79 Å². The van der Waals surface area contributed by atoms with Crippen LogP contribution in [-0.4, -0.2) is 87.2 Å². The largest absolute Gasteiger partial charge is 0.458 e. The van der Waals surface area contributed by atoms with Gasteiger partial charge in [0, 0.05) is 36.0 Å². The molecule has 0 aromatic heterocycles. The Hall–Kier alpha value is -2.09. The lowest BCUT2D eigenvalue weighted by Crippen LogP contribution is -2.69. The molecule has 42 heavy (non-hydrogen) atoms. The highest BCUT2D eigenvalue weighted by molar-refractivity contribution is 5.85. The fraction of sp³-hybridized carbons (Fsp3) is 0.833. The number of nitrogens with zero attached hydrogens (tertiary/aromatic N) is 1. The molecule has 12 heteroatoms. The Morgan fingerprint density at radius 2 is 1.90 bits per heavy atom. The fourth-order valence-corrected chi connectivity index (χ4v) is 10.00. The zero-order chi connectivity index (χ0) is 30.1. The third-order valence-electron chi connectivity index (χ3n) is 12.1. The van der Waals surface area contributed by atoms with Gasteiger partial charge in [-0.05, 0) is 81.6 Å². The van der Waals surface area contributed by atoms with Crippen molar-refractivity contribution in [3.63, 3.8) is 0 Å². The Balaban J connectivity index is 1.27. The second-order valence-electron chi connectivity index (χ2n) is 13.9. The summed E-state index contributed by atoms with van der Waals surface area (Å²) >= 11 is 0. The number of amides is 2. The van der Waals surface area contributed by atoms with E-state index < -0.39 is 52.7 Å². The van der Waals surface area contributed by atoms with E-state index in [0.29, 0.717) is 44.9 Å². The Bertz CT molecular complexity index is 1150. The summed E-state index contributed by atoms with van der Waals surface area (Å²) in [6.07, 6.45) is 5.06. The van der Waals surface area contributed by atoms with E-state index in [0.717, 1.165) is 18.4 Å². The molecule has 2 amide bonds. The van der Waals surface area contributed by atoms with Gasteiger partial charge < -0.3 is 40.4 Å². The summed E-state index contributed by atoms with van der Waals surface area (Å²) in [6.45, 7) is 4.11. The number of fused-ring (bicyclic) bond motifs is 5. The number of rotatable bonds is 5. The number of carbonyl (C=O) groups excluding carboxylic acids is 2. The molecule has 2 heterocycles. The quantitative estimate of drug-likeness (QED) is 0.118. The van der Waals surface area contributed by atoms with Gasteiger partial charge in [0.05, 0.1) is 29.5 Å². The lowest BCUT2D eigenvalue weighted by molar-refractivity contribution is -0.282. The Morgan fingerprint density at radius 3 is 2.60 bits per heavy atom. The zero-order valence-corrected chi connectivity index (χ0v) is 24.4. The van der Waals surface area contributed by atoms with Gasteiger partial charge in [-0.25, -0.2) is 15.0 Å². The van der Waals surface area contributed by atoms with Crippen molar-refractivity contribution in [2.45, 2.75) is 120 Å². The van der Waals surface area contributed by atoms with E-state index in [1.54, 1.807) is 19.2 Å². The molecule has 12 atom stereocenters. The van der Waals surface area contributed by atoms with E-state index in [9.17, 15) is 30.0 Å². The van der Waals surface area contributed by atoms with Crippen molar-refractivity contribution in [3.05, 3.63) is 11.6 Å². The van der Waals surface area contributed by atoms with E-state index in [-0.39, 0.29) is 42.9 Å². The van der Waals surface area contributed by atoms with E-state index in [1.807, 2.05) is 0 Å². The average Bonchev–Trinajstić information content (AvgIpc) is 3.46. The number of hydrazone groups is 1. The molecule has 0 unspecified atom stereocenters. The van der Waals surface area contributed by atoms with Crippen LogP contribution in [0.25, 0.3) is 0 Å². The van der Waals surface area contributed by atoms with E-state index in [4.69, 9.17) is 19.9 Å². The van der Waals surface area contributed by atoms with Crippen molar-refractivity contribution in [2.75, 3.05) is 6.61 Å². The molecule has 7 N–H and O–H groups in total. The number of urea groups is 1. The fourth-order valence-electron chi connectivity index (χ4n) is 10.00. The third kappa shape index (κ3) is 4.52. The molecule has 4 saturated carbocycles. The maximum Gasteiger partial charge on any atom is 0.332 e. The van der Waals surface area contributed by atoms with Gasteiger partial charge in [-0.3, -0.25) is 0 Å². The normalized spacial score (nSPS) is 50.4. The third-order valence-corrected chi connectivity index (χ3v) is 12.1. The summed E-state index contributed by atoms with van der Waals surface area (Å²) in [7, 11) is 0. The van der Waals surface area contributed by atoms with Crippen LogP contribution in [-0.2, 0) is 19.0 Å². The van der Waals surface area contributed by atoms with Crippen molar-refractivity contribution in [3.8, 4) is 0 Å². The molecule has 0 aromatic carbocycles. The minimum atomic E-state index is -1.23. The highest BCUT2D eigenvalue weighted by atomic mass is 16.7. The monoisotopic (exact) mass is 591 g/mol. The topological polar surface area (TPSA) is 193 Å². The average molecular weight is 592 g/mol. The number of aliphatic hydroxyl groups is 4. The summed E-state index contributed by atoms with van der Waals surface area (Å²) < 4.78 is 17.3. The number of hydrogen-bond donors (Lipinski definition) is 6. The van der Waals surface area contributed by atoms with Crippen LogP contribution in [0.3, 0.4) is 0 Å². The number of esters is 1. The first-order chi connectivity index (χ1) is 19.8.